The summed E-state index contributed by atoms with van der Waals surface area (Å²) in [4.78, 5) is 6.84. The lowest BCUT2D eigenvalue weighted by Crippen LogP contribution is -2.29. The van der Waals surface area contributed by atoms with Crippen LogP contribution in [0.4, 0.5) is 5.69 Å². The lowest BCUT2D eigenvalue weighted by Gasteiger charge is -2.28. The van der Waals surface area contributed by atoms with Crippen LogP contribution in [0.2, 0.25) is 5.02 Å². The van der Waals surface area contributed by atoms with Gasteiger partial charge in [0.15, 0.2) is 5.11 Å². The Kier molecular flexibility index (Phi) is 6.02. The molecular formula is C27H25ClN4OS. The molecule has 2 atom stereocenters. The number of aryl methyl sites for hydroxylation is 1. The number of benzene rings is 2. The molecule has 1 aliphatic heterocycles. The van der Waals surface area contributed by atoms with Gasteiger partial charge in [-0.3, -0.25) is 4.98 Å². The predicted octanol–water partition coefficient (Wildman–Crippen LogP) is 6.33. The van der Waals surface area contributed by atoms with E-state index in [2.05, 4.69) is 45.7 Å². The Morgan fingerprint density at radius 2 is 1.76 bits per heavy atom. The van der Waals surface area contributed by atoms with E-state index in [0.717, 1.165) is 39.2 Å². The Balaban J connectivity index is 1.68. The van der Waals surface area contributed by atoms with Gasteiger partial charge in [0, 0.05) is 40.0 Å². The van der Waals surface area contributed by atoms with Gasteiger partial charge in [-0.05, 0) is 86.2 Å². The average molecular weight is 489 g/mol. The van der Waals surface area contributed by atoms with Crippen molar-refractivity contribution in [2.75, 3.05) is 12.0 Å². The number of ether oxygens (including phenoxy) is 1. The lowest BCUT2D eigenvalue weighted by atomic mass is 9.96. The second kappa shape index (κ2) is 9.12. The van der Waals surface area contributed by atoms with E-state index in [4.69, 9.17) is 28.6 Å². The molecule has 0 amide bonds. The topological polar surface area (TPSA) is 42.3 Å². The predicted molar refractivity (Wildman–Crippen MR) is 141 cm³/mol. The first-order chi connectivity index (χ1) is 16.5. The molecule has 2 aromatic heterocycles. The molecule has 0 aliphatic carbocycles. The number of thiocarbonyl (C=S) groups is 1. The second-order valence-electron chi connectivity index (χ2n) is 8.34. The number of nitrogens with one attached hydrogen (secondary N) is 1. The highest BCUT2D eigenvalue weighted by Crippen LogP contribution is 2.44. The zero-order chi connectivity index (χ0) is 23.8. The van der Waals surface area contributed by atoms with Gasteiger partial charge in [-0.2, -0.15) is 0 Å². The number of pyridine rings is 1. The molecule has 0 spiro atoms. The van der Waals surface area contributed by atoms with Crippen molar-refractivity contribution in [3.63, 3.8) is 0 Å². The highest BCUT2D eigenvalue weighted by molar-refractivity contribution is 7.80. The minimum atomic E-state index is -0.112. The Hall–Kier alpha value is -3.35. The van der Waals surface area contributed by atoms with E-state index in [1.54, 1.807) is 7.11 Å². The molecule has 0 bridgehead atoms. The van der Waals surface area contributed by atoms with Crippen molar-refractivity contribution in [1.82, 2.24) is 14.9 Å². The smallest absolute Gasteiger partial charge is 0.174 e. The summed E-state index contributed by atoms with van der Waals surface area (Å²) < 4.78 is 7.76. The van der Waals surface area contributed by atoms with Gasteiger partial charge in [-0.1, -0.05) is 23.7 Å². The summed E-state index contributed by atoms with van der Waals surface area (Å²) in [5.74, 6) is 0.784. The number of halogens is 1. The van der Waals surface area contributed by atoms with Crippen LogP contribution >= 0.6 is 23.8 Å². The normalized spacial score (nSPS) is 17.6. The van der Waals surface area contributed by atoms with Gasteiger partial charge in [0.05, 0.1) is 24.9 Å². The van der Waals surface area contributed by atoms with Crippen LogP contribution in [0.1, 0.15) is 34.7 Å². The first-order valence-corrected chi connectivity index (χ1v) is 11.9. The molecule has 1 fully saturated rings. The zero-order valence-corrected chi connectivity index (χ0v) is 20.8. The van der Waals surface area contributed by atoms with Crippen molar-refractivity contribution in [3.8, 4) is 11.4 Å². The number of nitrogens with zero attached hydrogens (tertiary/aromatic N) is 3. The van der Waals surface area contributed by atoms with E-state index in [1.165, 1.54) is 5.56 Å². The Morgan fingerprint density at radius 1 is 0.971 bits per heavy atom. The van der Waals surface area contributed by atoms with Crippen LogP contribution in [0.5, 0.6) is 5.75 Å². The summed E-state index contributed by atoms with van der Waals surface area (Å²) in [6, 6.07) is 23.9. The van der Waals surface area contributed by atoms with E-state index in [1.807, 2.05) is 66.9 Å². The van der Waals surface area contributed by atoms with Gasteiger partial charge in [0.25, 0.3) is 0 Å². The first kappa shape index (κ1) is 22.4. The van der Waals surface area contributed by atoms with Crippen LogP contribution < -0.4 is 15.0 Å². The lowest BCUT2D eigenvalue weighted by molar-refractivity contribution is 0.415. The van der Waals surface area contributed by atoms with Crippen LogP contribution in [0.25, 0.3) is 5.69 Å². The summed E-state index contributed by atoms with van der Waals surface area (Å²) in [6.45, 7) is 4.27. The molecule has 5 nitrogen and oxygen atoms in total. The Bertz CT molecular complexity index is 1340. The Morgan fingerprint density at radius 3 is 2.47 bits per heavy atom. The van der Waals surface area contributed by atoms with E-state index >= 15 is 0 Å². The average Bonchev–Trinajstić information content (AvgIpc) is 3.35. The van der Waals surface area contributed by atoms with Crippen molar-refractivity contribution in [3.05, 3.63) is 107 Å². The van der Waals surface area contributed by atoms with E-state index in [-0.39, 0.29) is 12.1 Å². The standard InChI is InChI=1S/C27H25ClN4OS/c1-17-15-23(18(2)31(17)20-12-10-19(28)11-13-20)26-25(24-9-4-5-14-29-24)30-27(34)32(26)21-7-6-8-22(16-21)33-3/h4-16,25-26H,1-3H3,(H,30,34)/t25-,26-/m0/s1. The van der Waals surface area contributed by atoms with Gasteiger partial charge in [0.1, 0.15) is 5.75 Å². The van der Waals surface area contributed by atoms with Crippen molar-refractivity contribution < 1.29 is 4.74 Å². The molecule has 1 aliphatic rings. The molecule has 1 saturated heterocycles. The third-order valence-electron chi connectivity index (χ3n) is 6.30. The minimum absolute atomic E-state index is 0.0956. The van der Waals surface area contributed by atoms with Crippen molar-refractivity contribution in [2.45, 2.75) is 25.9 Å². The second-order valence-corrected chi connectivity index (χ2v) is 9.16. The van der Waals surface area contributed by atoms with Gasteiger partial charge < -0.3 is 19.5 Å². The fourth-order valence-electron chi connectivity index (χ4n) is 4.78. The molecule has 3 heterocycles. The molecule has 1 N–H and O–H groups in total. The fraction of sp³-hybridized carbons (Fsp3) is 0.185. The first-order valence-electron chi connectivity index (χ1n) is 11.1. The van der Waals surface area contributed by atoms with E-state index in [0.29, 0.717) is 5.11 Å². The maximum atomic E-state index is 6.15. The summed E-state index contributed by atoms with van der Waals surface area (Å²) in [5, 5.41) is 4.91. The molecular weight excluding hydrogens is 464 g/mol. The van der Waals surface area contributed by atoms with Gasteiger partial charge in [-0.25, -0.2) is 0 Å². The summed E-state index contributed by atoms with van der Waals surface area (Å²) in [7, 11) is 1.67. The molecule has 7 heteroatoms. The summed E-state index contributed by atoms with van der Waals surface area (Å²) in [6.07, 6.45) is 1.82. The molecule has 0 saturated carbocycles. The quantitative estimate of drug-likeness (QED) is 0.332. The van der Waals surface area contributed by atoms with Crippen LogP contribution in [0.3, 0.4) is 0 Å². The van der Waals surface area contributed by atoms with Crippen molar-refractivity contribution in [2.24, 2.45) is 0 Å². The van der Waals surface area contributed by atoms with Crippen LogP contribution in [0.15, 0.2) is 79.0 Å². The molecule has 2 aromatic carbocycles. The van der Waals surface area contributed by atoms with Gasteiger partial charge in [0.2, 0.25) is 0 Å². The van der Waals surface area contributed by atoms with E-state index in [9.17, 15) is 0 Å². The number of aromatic nitrogens is 2. The molecule has 0 unspecified atom stereocenters. The summed E-state index contributed by atoms with van der Waals surface area (Å²) >= 11 is 12.0. The molecule has 172 valence electrons. The largest absolute Gasteiger partial charge is 0.497 e. The molecule has 5 rings (SSSR count). The Labute approximate surface area is 210 Å². The number of methoxy groups -OCH3 is 1. The molecule has 0 radical (unpaired) electrons. The van der Waals surface area contributed by atoms with Crippen molar-refractivity contribution >= 4 is 34.6 Å². The number of rotatable bonds is 5. The van der Waals surface area contributed by atoms with Gasteiger partial charge in [-0.15, -0.1) is 0 Å². The number of hydrogen-bond acceptors (Lipinski definition) is 3. The third-order valence-corrected chi connectivity index (χ3v) is 6.87. The van der Waals surface area contributed by atoms with Crippen molar-refractivity contribution in [1.29, 1.82) is 0 Å². The maximum absolute atomic E-state index is 6.15. The highest BCUT2D eigenvalue weighted by atomic mass is 35.5. The number of anilines is 1. The van der Waals surface area contributed by atoms with Crippen LogP contribution in [-0.4, -0.2) is 21.8 Å². The zero-order valence-electron chi connectivity index (χ0n) is 19.2. The highest BCUT2D eigenvalue weighted by Gasteiger charge is 2.42. The minimum Gasteiger partial charge on any atom is -0.497 e. The van der Waals surface area contributed by atoms with E-state index < -0.39 is 0 Å². The van der Waals surface area contributed by atoms with Crippen LogP contribution in [0, 0.1) is 13.8 Å². The van der Waals surface area contributed by atoms with Gasteiger partial charge >= 0.3 is 0 Å². The third kappa shape index (κ3) is 3.93. The maximum Gasteiger partial charge on any atom is 0.174 e. The fourth-order valence-corrected chi connectivity index (χ4v) is 5.26. The van der Waals surface area contributed by atoms with Crippen LogP contribution in [-0.2, 0) is 0 Å². The SMILES string of the molecule is COc1cccc(N2C(=S)N[C@@H](c3ccccn3)[C@@H]2c2cc(C)n(-c3ccc(Cl)cc3)c2C)c1. The summed E-state index contributed by atoms with van der Waals surface area (Å²) in [5.41, 5.74) is 6.44. The number of hydrogen-bond donors (Lipinski definition) is 1. The molecule has 34 heavy (non-hydrogen) atoms. The molecule has 4 aromatic rings. The monoisotopic (exact) mass is 488 g/mol.